The van der Waals surface area contributed by atoms with Crippen molar-refractivity contribution in [2.75, 3.05) is 13.1 Å². The fourth-order valence-electron chi connectivity index (χ4n) is 1.37. The van der Waals surface area contributed by atoms with Crippen molar-refractivity contribution in [2.24, 2.45) is 5.92 Å². The fourth-order valence-corrected chi connectivity index (χ4v) is 1.37. The molecular weight excluding hydrogens is 166 g/mol. The summed E-state index contributed by atoms with van der Waals surface area (Å²) in [6.45, 7) is 2.59. The lowest BCUT2D eigenvalue weighted by atomic mass is 10.3. The van der Waals surface area contributed by atoms with E-state index in [-0.39, 0.29) is 12.5 Å². The Hall–Kier alpha value is -1.08. The Morgan fingerprint density at radius 1 is 1.69 bits per heavy atom. The first-order valence-corrected chi connectivity index (χ1v) is 4.65. The number of rotatable bonds is 5. The molecule has 0 spiro atoms. The molecule has 0 aromatic carbocycles. The van der Waals surface area contributed by atoms with Gasteiger partial charge in [0, 0.05) is 6.04 Å². The number of nitriles is 1. The molecule has 1 fully saturated rings. The second-order valence-electron chi connectivity index (χ2n) is 3.33. The Balaban J connectivity index is 2.00. The van der Waals surface area contributed by atoms with E-state index < -0.39 is 0 Å². The normalized spacial score (nSPS) is 24.9. The molecule has 0 aliphatic heterocycles. The summed E-state index contributed by atoms with van der Waals surface area (Å²) < 4.78 is 0. The van der Waals surface area contributed by atoms with Gasteiger partial charge in [0.15, 0.2) is 0 Å². The minimum Gasteiger partial charge on any atom is -0.342 e. The highest BCUT2D eigenvalue weighted by Gasteiger charge is 2.34. The van der Waals surface area contributed by atoms with Crippen molar-refractivity contribution in [1.29, 1.82) is 5.26 Å². The van der Waals surface area contributed by atoms with Gasteiger partial charge < -0.3 is 10.6 Å². The maximum atomic E-state index is 11.0. The molecule has 4 heteroatoms. The van der Waals surface area contributed by atoms with Gasteiger partial charge >= 0.3 is 0 Å². The Morgan fingerprint density at radius 3 is 3.00 bits per heavy atom. The summed E-state index contributed by atoms with van der Waals surface area (Å²) in [4.78, 5) is 11.0. The molecule has 1 rings (SSSR count). The Kier molecular flexibility index (Phi) is 3.71. The standard InChI is InChI=1S/C9H15N3O/c1-2-7-5-8(7)12-6-9(13)11-4-3-10/h7-8,12H,2,4-6H2,1H3,(H,11,13). The van der Waals surface area contributed by atoms with E-state index in [9.17, 15) is 4.79 Å². The molecule has 2 N–H and O–H groups in total. The van der Waals surface area contributed by atoms with Gasteiger partial charge in [-0.1, -0.05) is 13.3 Å². The lowest BCUT2D eigenvalue weighted by Crippen LogP contribution is -2.35. The maximum absolute atomic E-state index is 11.0. The van der Waals surface area contributed by atoms with Crippen LogP contribution in [0.2, 0.25) is 0 Å². The molecule has 0 heterocycles. The van der Waals surface area contributed by atoms with E-state index in [2.05, 4.69) is 17.6 Å². The van der Waals surface area contributed by atoms with Crippen molar-refractivity contribution in [1.82, 2.24) is 10.6 Å². The van der Waals surface area contributed by atoms with Crippen molar-refractivity contribution in [3.05, 3.63) is 0 Å². The highest BCUT2D eigenvalue weighted by atomic mass is 16.1. The van der Waals surface area contributed by atoms with Gasteiger partial charge in [0.05, 0.1) is 12.6 Å². The number of hydrogen-bond donors (Lipinski definition) is 2. The van der Waals surface area contributed by atoms with Gasteiger partial charge in [-0.05, 0) is 12.3 Å². The molecule has 1 saturated carbocycles. The van der Waals surface area contributed by atoms with Crippen LogP contribution >= 0.6 is 0 Å². The second-order valence-corrected chi connectivity index (χ2v) is 3.33. The third-order valence-electron chi connectivity index (χ3n) is 2.34. The first kappa shape index (κ1) is 10.0. The molecular formula is C9H15N3O. The third kappa shape index (κ3) is 3.43. The van der Waals surface area contributed by atoms with Crippen molar-refractivity contribution in [3.8, 4) is 6.07 Å². The van der Waals surface area contributed by atoms with E-state index in [1.165, 1.54) is 12.8 Å². The summed E-state index contributed by atoms with van der Waals surface area (Å²) >= 11 is 0. The fraction of sp³-hybridized carbons (Fsp3) is 0.778. The molecule has 72 valence electrons. The summed E-state index contributed by atoms with van der Waals surface area (Å²) in [5.41, 5.74) is 0. The zero-order valence-electron chi connectivity index (χ0n) is 7.84. The Bertz CT molecular complexity index is 221. The quantitative estimate of drug-likeness (QED) is 0.587. The van der Waals surface area contributed by atoms with Crippen LogP contribution in [-0.4, -0.2) is 25.0 Å². The van der Waals surface area contributed by atoms with Gasteiger partial charge in [0.25, 0.3) is 0 Å². The van der Waals surface area contributed by atoms with E-state index in [1.54, 1.807) is 0 Å². The van der Waals surface area contributed by atoms with Gasteiger partial charge in [0.2, 0.25) is 5.91 Å². The number of carbonyl (C=O) groups is 1. The summed E-state index contributed by atoms with van der Waals surface area (Å²) in [6, 6.07) is 2.39. The molecule has 0 aromatic rings. The summed E-state index contributed by atoms with van der Waals surface area (Å²) in [6.07, 6.45) is 2.36. The Labute approximate surface area is 78.3 Å². The van der Waals surface area contributed by atoms with E-state index in [0.29, 0.717) is 12.6 Å². The van der Waals surface area contributed by atoms with Crippen LogP contribution in [0, 0.1) is 17.2 Å². The van der Waals surface area contributed by atoms with E-state index in [0.717, 1.165) is 5.92 Å². The molecule has 0 aromatic heterocycles. The molecule has 0 saturated heterocycles. The van der Waals surface area contributed by atoms with Crippen LogP contribution in [0.3, 0.4) is 0 Å². The van der Waals surface area contributed by atoms with Crippen LogP contribution in [0.4, 0.5) is 0 Å². The van der Waals surface area contributed by atoms with E-state index in [4.69, 9.17) is 5.26 Å². The second kappa shape index (κ2) is 4.83. The van der Waals surface area contributed by atoms with Crippen LogP contribution in [-0.2, 0) is 4.79 Å². The zero-order valence-corrected chi connectivity index (χ0v) is 7.84. The zero-order chi connectivity index (χ0) is 9.68. The summed E-state index contributed by atoms with van der Waals surface area (Å²) in [5, 5.41) is 13.8. The number of nitrogens with zero attached hydrogens (tertiary/aromatic N) is 1. The van der Waals surface area contributed by atoms with E-state index >= 15 is 0 Å². The largest absolute Gasteiger partial charge is 0.342 e. The molecule has 1 aliphatic carbocycles. The monoisotopic (exact) mass is 181 g/mol. The van der Waals surface area contributed by atoms with Gasteiger partial charge in [-0.2, -0.15) is 5.26 Å². The topological polar surface area (TPSA) is 64.9 Å². The van der Waals surface area contributed by atoms with Crippen molar-refractivity contribution >= 4 is 5.91 Å². The Morgan fingerprint density at radius 2 is 2.46 bits per heavy atom. The predicted molar refractivity (Wildman–Crippen MR) is 48.8 cm³/mol. The minimum atomic E-state index is -0.0942. The van der Waals surface area contributed by atoms with Gasteiger partial charge in [0.1, 0.15) is 6.54 Å². The molecule has 1 aliphatic rings. The van der Waals surface area contributed by atoms with Crippen LogP contribution in [0.15, 0.2) is 0 Å². The molecule has 1 amide bonds. The summed E-state index contributed by atoms with van der Waals surface area (Å²) in [5.74, 6) is 0.659. The molecule has 13 heavy (non-hydrogen) atoms. The van der Waals surface area contributed by atoms with Crippen molar-refractivity contribution in [2.45, 2.75) is 25.8 Å². The maximum Gasteiger partial charge on any atom is 0.234 e. The van der Waals surface area contributed by atoms with Gasteiger partial charge in [-0.25, -0.2) is 0 Å². The molecule has 2 atom stereocenters. The summed E-state index contributed by atoms with van der Waals surface area (Å²) in [7, 11) is 0. The highest BCUT2D eigenvalue weighted by molar-refractivity contribution is 5.78. The van der Waals surface area contributed by atoms with Crippen LogP contribution < -0.4 is 10.6 Å². The van der Waals surface area contributed by atoms with Crippen LogP contribution in [0.25, 0.3) is 0 Å². The molecule has 0 radical (unpaired) electrons. The van der Waals surface area contributed by atoms with E-state index in [1.807, 2.05) is 6.07 Å². The van der Waals surface area contributed by atoms with Crippen molar-refractivity contribution < 1.29 is 4.79 Å². The SMILES string of the molecule is CCC1CC1NCC(=O)NCC#N. The number of hydrogen-bond acceptors (Lipinski definition) is 3. The number of amides is 1. The first-order valence-electron chi connectivity index (χ1n) is 4.65. The highest BCUT2D eigenvalue weighted by Crippen LogP contribution is 2.32. The predicted octanol–water partition coefficient (Wildman–Crippen LogP) is 0.0143. The lowest BCUT2D eigenvalue weighted by Gasteiger charge is -2.02. The number of carbonyl (C=O) groups excluding carboxylic acids is 1. The number of nitrogens with one attached hydrogen (secondary N) is 2. The van der Waals surface area contributed by atoms with Gasteiger partial charge in [-0.3, -0.25) is 4.79 Å². The molecule has 4 nitrogen and oxygen atoms in total. The molecule has 2 unspecified atom stereocenters. The first-order chi connectivity index (χ1) is 6.27. The molecule has 0 bridgehead atoms. The third-order valence-corrected chi connectivity index (χ3v) is 2.34. The average Bonchev–Trinajstić information content (AvgIpc) is 2.90. The van der Waals surface area contributed by atoms with Crippen LogP contribution in [0.5, 0.6) is 0 Å². The average molecular weight is 181 g/mol. The van der Waals surface area contributed by atoms with Gasteiger partial charge in [-0.15, -0.1) is 0 Å². The smallest absolute Gasteiger partial charge is 0.234 e. The lowest BCUT2D eigenvalue weighted by molar-refractivity contribution is -0.120. The van der Waals surface area contributed by atoms with Crippen LogP contribution in [0.1, 0.15) is 19.8 Å². The minimum absolute atomic E-state index is 0.0942. The van der Waals surface area contributed by atoms with Crippen molar-refractivity contribution in [3.63, 3.8) is 0 Å².